The van der Waals surface area contributed by atoms with E-state index in [9.17, 15) is 26.3 Å². The fourth-order valence-electron chi connectivity index (χ4n) is 1.68. The number of ether oxygens (including phenoxy) is 2. The summed E-state index contributed by atoms with van der Waals surface area (Å²) in [7, 11) is 0. The molecule has 3 unspecified atom stereocenters. The fraction of sp³-hybridized carbons (Fsp3) is 1.00. The van der Waals surface area contributed by atoms with E-state index in [1.165, 1.54) is 0 Å². The molecule has 0 radical (unpaired) electrons. The molecule has 0 amide bonds. The molecule has 0 aromatic heterocycles. The lowest BCUT2D eigenvalue weighted by Crippen LogP contribution is -2.49. The van der Waals surface area contributed by atoms with Gasteiger partial charge in [0.25, 0.3) is 6.17 Å². The molecule has 18 heavy (non-hydrogen) atoms. The van der Waals surface area contributed by atoms with E-state index in [1.54, 1.807) is 13.8 Å². The lowest BCUT2D eigenvalue weighted by atomic mass is 10.0. The zero-order valence-corrected chi connectivity index (χ0v) is 9.81. The largest absolute Gasteiger partial charge is 0.425 e. The van der Waals surface area contributed by atoms with Gasteiger partial charge in [-0.2, -0.15) is 13.2 Å². The highest BCUT2D eigenvalue weighted by Gasteiger charge is 2.62. The summed E-state index contributed by atoms with van der Waals surface area (Å²) in [4.78, 5) is 0. The molecule has 1 aliphatic rings. The summed E-state index contributed by atoms with van der Waals surface area (Å²) in [6, 6.07) is 0. The molecule has 8 heteroatoms. The monoisotopic (exact) mass is 280 g/mol. The zero-order valence-electron chi connectivity index (χ0n) is 9.81. The minimum absolute atomic E-state index is 0.0169. The van der Waals surface area contributed by atoms with Gasteiger partial charge in [0.15, 0.2) is 6.29 Å². The van der Waals surface area contributed by atoms with Crippen molar-refractivity contribution in [3.05, 3.63) is 0 Å². The van der Waals surface area contributed by atoms with Gasteiger partial charge in [-0.3, -0.25) is 0 Å². The zero-order chi connectivity index (χ0) is 14.1. The summed E-state index contributed by atoms with van der Waals surface area (Å²) < 4.78 is 84.8. The molecule has 1 rings (SSSR count). The molecular weight excluding hydrogens is 266 g/mol. The molecular formula is C10H14F6O2. The van der Waals surface area contributed by atoms with Gasteiger partial charge in [-0.05, 0) is 20.3 Å². The Labute approximate surface area is 100 Å². The van der Waals surface area contributed by atoms with Crippen molar-refractivity contribution < 1.29 is 35.8 Å². The van der Waals surface area contributed by atoms with Crippen LogP contribution in [0.3, 0.4) is 0 Å². The Morgan fingerprint density at radius 2 is 1.67 bits per heavy atom. The predicted molar refractivity (Wildman–Crippen MR) is 50.0 cm³/mol. The molecule has 1 fully saturated rings. The molecule has 0 bridgehead atoms. The van der Waals surface area contributed by atoms with Gasteiger partial charge in [0.2, 0.25) is 0 Å². The van der Waals surface area contributed by atoms with Crippen molar-refractivity contribution in [2.24, 2.45) is 0 Å². The molecule has 108 valence electrons. The summed E-state index contributed by atoms with van der Waals surface area (Å²) >= 11 is 0. The average Bonchev–Trinajstić information content (AvgIpc) is 2.63. The molecule has 0 spiro atoms. The summed E-state index contributed by atoms with van der Waals surface area (Å²) in [6.45, 7) is 3.25. The van der Waals surface area contributed by atoms with E-state index in [4.69, 9.17) is 4.74 Å². The van der Waals surface area contributed by atoms with Crippen molar-refractivity contribution in [1.29, 1.82) is 0 Å². The minimum atomic E-state index is -5.61. The maximum atomic E-state index is 13.3. The van der Waals surface area contributed by atoms with Crippen LogP contribution in [0, 0.1) is 0 Å². The van der Waals surface area contributed by atoms with E-state index < -0.39 is 30.7 Å². The van der Waals surface area contributed by atoms with Crippen LogP contribution in [0.15, 0.2) is 0 Å². The van der Waals surface area contributed by atoms with Gasteiger partial charge in [0, 0.05) is 6.42 Å². The first-order valence-corrected chi connectivity index (χ1v) is 5.44. The van der Waals surface area contributed by atoms with Crippen molar-refractivity contribution in [1.82, 2.24) is 0 Å². The van der Waals surface area contributed by atoms with Crippen molar-refractivity contribution >= 4 is 0 Å². The molecule has 0 saturated carbocycles. The van der Waals surface area contributed by atoms with Crippen molar-refractivity contribution in [3.8, 4) is 0 Å². The molecule has 1 aliphatic heterocycles. The van der Waals surface area contributed by atoms with E-state index in [1.807, 2.05) is 0 Å². The van der Waals surface area contributed by atoms with Crippen molar-refractivity contribution in [2.75, 3.05) is 0 Å². The molecule has 0 N–H and O–H groups in total. The number of alkyl halides is 6. The first kappa shape index (κ1) is 15.6. The van der Waals surface area contributed by atoms with Gasteiger partial charge in [-0.15, -0.1) is 0 Å². The van der Waals surface area contributed by atoms with Gasteiger partial charge in [-0.1, -0.05) is 0 Å². The quantitative estimate of drug-likeness (QED) is 0.734. The third kappa shape index (κ3) is 3.50. The van der Waals surface area contributed by atoms with Gasteiger partial charge in [0.1, 0.15) is 6.10 Å². The van der Waals surface area contributed by atoms with Crippen LogP contribution in [-0.4, -0.2) is 36.8 Å². The highest BCUT2D eigenvalue weighted by Crippen LogP contribution is 2.42. The van der Waals surface area contributed by atoms with E-state index in [0.717, 1.165) is 0 Å². The Kier molecular flexibility index (Phi) is 4.53. The highest BCUT2D eigenvalue weighted by molar-refractivity contribution is 4.92. The summed E-state index contributed by atoms with van der Waals surface area (Å²) in [5.74, 6) is -4.60. The molecule has 0 aromatic rings. The van der Waals surface area contributed by atoms with Crippen LogP contribution in [0.25, 0.3) is 0 Å². The van der Waals surface area contributed by atoms with Crippen LogP contribution in [0.5, 0.6) is 0 Å². The second-order valence-corrected chi connectivity index (χ2v) is 4.40. The summed E-state index contributed by atoms with van der Waals surface area (Å²) in [5.41, 5.74) is 0. The normalized spacial score (nSPS) is 27.8. The maximum Gasteiger partial charge on any atom is 0.425 e. The summed E-state index contributed by atoms with van der Waals surface area (Å²) in [5, 5.41) is 0. The molecule has 1 heterocycles. The van der Waals surface area contributed by atoms with Crippen LogP contribution in [0.1, 0.15) is 26.7 Å². The van der Waals surface area contributed by atoms with Crippen LogP contribution >= 0.6 is 0 Å². The van der Waals surface area contributed by atoms with Crippen LogP contribution < -0.4 is 0 Å². The Bertz CT molecular complexity index is 278. The van der Waals surface area contributed by atoms with Gasteiger partial charge in [-0.25, -0.2) is 13.2 Å². The van der Waals surface area contributed by atoms with Gasteiger partial charge >= 0.3 is 12.1 Å². The number of halogens is 6. The Morgan fingerprint density at radius 3 is 2.11 bits per heavy atom. The second-order valence-electron chi connectivity index (χ2n) is 4.40. The fourth-order valence-corrected chi connectivity index (χ4v) is 1.68. The molecule has 3 atom stereocenters. The molecule has 0 aromatic carbocycles. The lowest BCUT2D eigenvalue weighted by Gasteiger charge is -2.27. The van der Waals surface area contributed by atoms with E-state index in [0.29, 0.717) is 0 Å². The Balaban J connectivity index is 2.65. The topological polar surface area (TPSA) is 18.5 Å². The standard InChI is InChI=1S/C10H14F6O2/c1-5(2)17-7-4-3-6(18-7)9(12,13)8(11)10(14,15)16/h5-8H,3-4H2,1-2H3. The minimum Gasteiger partial charge on any atom is -0.350 e. The van der Waals surface area contributed by atoms with Gasteiger partial charge < -0.3 is 9.47 Å². The maximum absolute atomic E-state index is 13.3. The molecule has 0 aliphatic carbocycles. The lowest BCUT2D eigenvalue weighted by molar-refractivity contribution is -0.282. The van der Waals surface area contributed by atoms with E-state index in [2.05, 4.69) is 4.74 Å². The van der Waals surface area contributed by atoms with E-state index >= 15 is 0 Å². The number of rotatable bonds is 4. The average molecular weight is 280 g/mol. The van der Waals surface area contributed by atoms with E-state index in [-0.39, 0.29) is 18.9 Å². The predicted octanol–water partition coefficient (Wildman–Crippen LogP) is 3.45. The van der Waals surface area contributed by atoms with Crippen LogP contribution in [0.2, 0.25) is 0 Å². The SMILES string of the molecule is CC(C)OC1CCC(C(F)(F)C(F)C(F)(F)F)O1. The van der Waals surface area contributed by atoms with Crippen LogP contribution in [0.4, 0.5) is 26.3 Å². The first-order valence-electron chi connectivity index (χ1n) is 5.44. The third-order valence-corrected chi connectivity index (χ3v) is 2.46. The Morgan fingerprint density at radius 1 is 1.11 bits per heavy atom. The molecule has 1 saturated heterocycles. The van der Waals surface area contributed by atoms with Crippen LogP contribution in [-0.2, 0) is 9.47 Å². The van der Waals surface area contributed by atoms with Crippen molar-refractivity contribution in [2.45, 2.75) is 63.5 Å². The van der Waals surface area contributed by atoms with Crippen molar-refractivity contribution in [3.63, 3.8) is 0 Å². The smallest absolute Gasteiger partial charge is 0.350 e. The summed E-state index contributed by atoms with van der Waals surface area (Å²) in [6.07, 6.45) is -13.6. The third-order valence-electron chi connectivity index (χ3n) is 2.46. The number of hydrogen-bond acceptors (Lipinski definition) is 2. The second kappa shape index (κ2) is 5.24. The highest BCUT2D eigenvalue weighted by atomic mass is 19.4. The van der Waals surface area contributed by atoms with Gasteiger partial charge in [0.05, 0.1) is 6.10 Å². The first-order chi connectivity index (χ1) is 8.05. The Hall–Kier alpha value is -0.500. The number of hydrogen-bond donors (Lipinski definition) is 0. The molecule has 2 nitrogen and oxygen atoms in total.